The van der Waals surface area contributed by atoms with Gasteiger partial charge in [0.25, 0.3) is 5.56 Å². The highest BCUT2D eigenvalue weighted by Gasteiger charge is 2.08. The fourth-order valence-corrected chi connectivity index (χ4v) is 2.15. The molecule has 1 heterocycles. The molecule has 0 radical (unpaired) electrons. The van der Waals surface area contributed by atoms with Gasteiger partial charge >= 0.3 is 0 Å². The van der Waals surface area contributed by atoms with E-state index >= 15 is 0 Å². The van der Waals surface area contributed by atoms with E-state index in [2.05, 4.69) is 36.2 Å². The summed E-state index contributed by atoms with van der Waals surface area (Å²) >= 11 is 5.32. The lowest BCUT2D eigenvalue weighted by Gasteiger charge is -2.07. The van der Waals surface area contributed by atoms with E-state index in [1.165, 1.54) is 5.56 Å². The lowest BCUT2D eigenvalue weighted by atomic mass is 10.0. The number of H-pyrrole nitrogens is 1. The van der Waals surface area contributed by atoms with E-state index in [1.54, 1.807) is 6.07 Å². The number of carbonyl (C=O) groups is 1. The van der Waals surface area contributed by atoms with Crippen molar-refractivity contribution < 1.29 is 4.79 Å². The van der Waals surface area contributed by atoms with Crippen LogP contribution in [0.25, 0.3) is 11.3 Å². The molecule has 0 atom stereocenters. The Balaban J connectivity index is 2.29. The molecular weight excluding hydrogens is 288 g/mol. The number of aromatic amines is 1. The second-order valence-corrected chi connectivity index (χ2v) is 5.66. The molecule has 0 saturated carbocycles. The highest BCUT2D eigenvalue weighted by atomic mass is 35.5. The van der Waals surface area contributed by atoms with Crippen LogP contribution in [0.15, 0.2) is 35.1 Å². The van der Waals surface area contributed by atoms with Crippen LogP contribution in [0, 0.1) is 0 Å². The van der Waals surface area contributed by atoms with Gasteiger partial charge in [-0.1, -0.05) is 38.1 Å². The van der Waals surface area contributed by atoms with Gasteiger partial charge in [-0.15, -0.1) is 0 Å². The summed E-state index contributed by atoms with van der Waals surface area (Å²) in [5.41, 5.74) is 3.09. The van der Waals surface area contributed by atoms with E-state index in [-0.39, 0.29) is 12.0 Å². The molecule has 0 aliphatic heterocycles. The molecule has 0 unspecified atom stereocenters. The number of halogens is 1. The standard InChI is InChI=1S/C16H17ClN2O2/c1-10(2)11-3-5-12(6-4-11)14-9-13(7-8-15(17)20)16(21)19-18-14/h3-6,9-10H,7-8H2,1-2H3,(H,19,21). The summed E-state index contributed by atoms with van der Waals surface area (Å²) in [7, 11) is 0. The minimum atomic E-state index is -0.450. The number of benzene rings is 1. The van der Waals surface area contributed by atoms with Crippen LogP contribution >= 0.6 is 11.6 Å². The number of hydrogen-bond donors (Lipinski definition) is 1. The van der Waals surface area contributed by atoms with Gasteiger partial charge in [0, 0.05) is 17.5 Å². The van der Waals surface area contributed by atoms with E-state index in [0.29, 0.717) is 23.6 Å². The lowest BCUT2D eigenvalue weighted by Crippen LogP contribution is -2.15. The Morgan fingerprint density at radius 3 is 2.52 bits per heavy atom. The monoisotopic (exact) mass is 304 g/mol. The van der Waals surface area contributed by atoms with Crippen molar-refractivity contribution in [2.24, 2.45) is 0 Å². The van der Waals surface area contributed by atoms with Gasteiger partial charge in [-0.3, -0.25) is 9.59 Å². The number of hydrogen-bond acceptors (Lipinski definition) is 3. The topological polar surface area (TPSA) is 62.8 Å². The highest BCUT2D eigenvalue weighted by Crippen LogP contribution is 2.21. The molecule has 1 aromatic carbocycles. The van der Waals surface area contributed by atoms with Crippen LogP contribution in [0.1, 0.15) is 37.3 Å². The molecule has 110 valence electrons. The second kappa shape index (κ2) is 6.68. The lowest BCUT2D eigenvalue weighted by molar-refractivity contribution is -0.111. The van der Waals surface area contributed by atoms with Crippen molar-refractivity contribution in [2.75, 3.05) is 0 Å². The maximum absolute atomic E-state index is 11.7. The van der Waals surface area contributed by atoms with Crippen molar-refractivity contribution in [3.05, 3.63) is 51.8 Å². The van der Waals surface area contributed by atoms with Crippen LogP contribution in [0.5, 0.6) is 0 Å². The summed E-state index contributed by atoms with van der Waals surface area (Å²) in [6.45, 7) is 4.27. The summed E-state index contributed by atoms with van der Waals surface area (Å²) in [6.07, 6.45) is 0.456. The van der Waals surface area contributed by atoms with Crippen molar-refractivity contribution >= 4 is 16.8 Å². The molecule has 0 saturated heterocycles. The van der Waals surface area contributed by atoms with Gasteiger partial charge in [-0.05, 0) is 35.6 Å². The van der Waals surface area contributed by atoms with Gasteiger partial charge in [0.05, 0.1) is 5.69 Å². The van der Waals surface area contributed by atoms with Crippen molar-refractivity contribution in [1.29, 1.82) is 0 Å². The van der Waals surface area contributed by atoms with Crippen LogP contribution in [-0.4, -0.2) is 15.4 Å². The van der Waals surface area contributed by atoms with Crippen LogP contribution < -0.4 is 5.56 Å². The number of carbonyl (C=O) groups excluding carboxylic acids is 1. The van der Waals surface area contributed by atoms with Gasteiger partial charge < -0.3 is 0 Å². The molecule has 1 aromatic heterocycles. The minimum Gasteiger partial charge on any atom is -0.281 e. The zero-order chi connectivity index (χ0) is 15.4. The summed E-state index contributed by atoms with van der Waals surface area (Å²) < 4.78 is 0. The first-order chi connectivity index (χ1) is 9.97. The van der Waals surface area contributed by atoms with Crippen molar-refractivity contribution in [2.45, 2.75) is 32.6 Å². The summed E-state index contributed by atoms with van der Waals surface area (Å²) in [5.74, 6) is 0.466. The molecule has 0 aliphatic carbocycles. The van der Waals surface area contributed by atoms with Gasteiger partial charge in [0.2, 0.25) is 5.24 Å². The Labute approximate surface area is 128 Å². The van der Waals surface area contributed by atoms with E-state index in [9.17, 15) is 9.59 Å². The Morgan fingerprint density at radius 1 is 1.29 bits per heavy atom. The highest BCUT2D eigenvalue weighted by molar-refractivity contribution is 6.63. The predicted molar refractivity (Wildman–Crippen MR) is 83.6 cm³/mol. The first-order valence-electron chi connectivity index (χ1n) is 6.84. The molecule has 0 aliphatic rings. The maximum atomic E-state index is 11.7. The fraction of sp³-hybridized carbons (Fsp3) is 0.312. The third-order valence-corrected chi connectivity index (χ3v) is 3.53. The molecule has 0 fully saturated rings. The average Bonchev–Trinajstić information content (AvgIpc) is 2.46. The van der Waals surface area contributed by atoms with Gasteiger partial charge in [0.15, 0.2) is 0 Å². The minimum absolute atomic E-state index is 0.139. The number of nitrogens with one attached hydrogen (secondary N) is 1. The molecule has 2 rings (SSSR count). The van der Waals surface area contributed by atoms with E-state index in [1.807, 2.05) is 12.1 Å². The third kappa shape index (κ3) is 4.02. The Morgan fingerprint density at radius 2 is 1.95 bits per heavy atom. The third-order valence-electron chi connectivity index (χ3n) is 3.34. The molecule has 4 nitrogen and oxygen atoms in total. The normalized spacial score (nSPS) is 10.9. The molecule has 1 N–H and O–H groups in total. The summed E-state index contributed by atoms with van der Waals surface area (Å²) in [6, 6.07) is 9.77. The van der Waals surface area contributed by atoms with Crippen molar-refractivity contribution in [1.82, 2.24) is 10.2 Å². The molecule has 0 spiro atoms. The zero-order valence-corrected chi connectivity index (χ0v) is 12.8. The van der Waals surface area contributed by atoms with Crippen molar-refractivity contribution in [3.8, 4) is 11.3 Å². The Hall–Kier alpha value is -1.94. The Bertz CT molecular complexity index is 690. The molecule has 5 heteroatoms. The number of aromatic nitrogens is 2. The number of rotatable bonds is 5. The fourth-order valence-electron chi connectivity index (χ4n) is 2.05. The molecule has 2 aromatic rings. The van der Waals surface area contributed by atoms with Gasteiger partial charge in [0.1, 0.15) is 0 Å². The van der Waals surface area contributed by atoms with Crippen LogP contribution in [0.3, 0.4) is 0 Å². The molecule has 21 heavy (non-hydrogen) atoms. The van der Waals surface area contributed by atoms with E-state index in [4.69, 9.17) is 11.6 Å². The van der Waals surface area contributed by atoms with E-state index < -0.39 is 5.24 Å². The smallest absolute Gasteiger partial charge is 0.267 e. The maximum Gasteiger partial charge on any atom is 0.267 e. The summed E-state index contributed by atoms with van der Waals surface area (Å²) in [5, 5.41) is 6.07. The molecular formula is C16H17ClN2O2. The average molecular weight is 305 g/mol. The molecule has 0 amide bonds. The largest absolute Gasteiger partial charge is 0.281 e. The SMILES string of the molecule is CC(C)c1ccc(-c2cc(CCC(=O)Cl)c(=O)[nH]n2)cc1. The zero-order valence-electron chi connectivity index (χ0n) is 12.0. The van der Waals surface area contributed by atoms with Crippen molar-refractivity contribution in [3.63, 3.8) is 0 Å². The van der Waals surface area contributed by atoms with Gasteiger partial charge in [-0.25, -0.2) is 5.10 Å². The number of aryl methyl sites for hydroxylation is 1. The summed E-state index contributed by atoms with van der Waals surface area (Å²) in [4.78, 5) is 22.5. The number of nitrogens with zero attached hydrogens (tertiary/aromatic N) is 1. The first kappa shape index (κ1) is 15.4. The quantitative estimate of drug-likeness (QED) is 0.862. The van der Waals surface area contributed by atoms with E-state index in [0.717, 1.165) is 5.56 Å². The van der Waals surface area contributed by atoms with Crippen LogP contribution in [0.2, 0.25) is 0 Å². The van der Waals surface area contributed by atoms with Gasteiger partial charge in [-0.2, -0.15) is 5.10 Å². The predicted octanol–water partition coefficient (Wildman–Crippen LogP) is 3.26. The first-order valence-corrected chi connectivity index (χ1v) is 7.22. The van der Waals surface area contributed by atoms with Crippen LogP contribution in [0.4, 0.5) is 0 Å². The van der Waals surface area contributed by atoms with Crippen LogP contribution in [-0.2, 0) is 11.2 Å². The Kier molecular flexibility index (Phi) is 4.91. The second-order valence-electron chi connectivity index (χ2n) is 5.24. The molecule has 0 bridgehead atoms.